The van der Waals surface area contributed by atoms with Crippen LogP contribution in [0.1, 0.15) is 38.3 Å². The Kier molecular flexibility index (Phi) is 6.45. The Bertz CT molecular complexity index is 539. The van der Waals surface area contributed by atoms with E-state index in [9.17, 15) is 9.59 Å². The zero-order chi connectivity index (χ0) is 16.8. The van der Waals surface area contributed by atoms with Gasteiger partial charge in [-0.3, -0.25) is 4.79 Å². The van der Waals surface area contributed by atoms with Gasteiger partial charge in [-0.15, -0.1) is 0 Å². The molecule has 1 fully saturated rings. The van der Waals surface area contributed by atoms with E-state index in [-0.39, 0.29) is 24.0 Å². The molecule has 1 heterocycles. The highest BCUT2D eigenvalue weighted by molar-refractivity contribution is 9.10. The molecule has 5 nitrogen and oxygen atoms in total. The predicted octanol–water partition coefficient (Wildman–Crippen LogP) is 3.49. The zero-order valence-electron chi connectivity index (χ0n) is 13.5. The van der Waals surface area contributed by atoms with Gasteiger partial charge in [-0.05, 0) is 44.4 Å². The number of likely N-dealkylation sites (tertiary alicyclic amines) is 1. The number of rotatable bonds is 4. The third-order valence-electron chi connectivity index (χ3n) is 4.11. The van der Waals surface area contributed by atoms with Crippen molar-refractivity contribution >= 4 is 27.9 Å². The summed E-state index contributed by atoms with van der Waals surface area (Å²) in [5.74, 6) is -0.223. The Morgan fingerprint density at radius 2 is 1.91 bits per heavy atom. The van der Waals surface area contributed by atoms with Gasteiger partial charge in [0.2, 0.25) is 0 Å². The number of carbonyl (C=O) groups excluding carboxylic acids is 2. The van der Waals surface area contributed by atoms with Crippen LogP contribution in [-0.4, -0.2) is 36.6 Å². The summed E-state index contributed by atoms with van der Waals surface area (Å²) in [5.41, 5.74) is 1.06. The van der Waals surface area contributed by atoms with Gasteiger partial charge in [0.15, 0.2) is 0 Å². The second-order valence-electron chi connectivity index (χ2n) is 5.74. The lowest BCUT2D eigenvalue weighted by molar-refractivity contribution is -0.149. The van der Waals surface area contributed by atoms with Crippen molar-refractivity contribution in [2.45, 2.75) is 32.7 Å². The number of amides is 2. The van der Waals surface area contributed by atoms with Crippen LogP contribution in [0.4, 0.5) is 4.79 Å². The van der Waals surface area contributed by atoms with Crippen LogP contribution in [0.15, 0.2) is 28.7 Å². The Hall–Kier alpha value is -1.56. The molecule has 0 radical (unpaired) electrons. The molecule has 0 aliphatic carbocycles. The van der Waals surface area contributed by atoms with E-state index in [0.717, 1.165) is 10.0 Å². The summed E-state index contributed by atoms with van der Waals surface area (Å²) in [6.07, 6.45) is 1.33. The molecule has 1 saturated heterocycles. The van der Waals surface area contributed by atoms with E-state index < -0.39 is 0 Å². The van der Waals surface area contributed by atoms with Crippen LogP contribution in [0.3, 0.4) is 0 Å². The largest absolute Gasteiger partial charge is 0.466 e. The molecular formula is C17H23BrN2O3. The quantitative estimate of drug-likeness (QED) is 0.810. The number of carbonyl (C=O) groups is 2. The maximum atomic E-state index is 12.3. The molecule has 0 aromatic heterocycles. The van der Waals surface area contributed by atoms with E-state index in [1.807, 2.05) is 38.1 Å². The van der Waals surface area contributed by atoms with E-state index in [2.05, 4.69) is 21.2 Å². The van der Waals surface area contributed by atoms with Gasteiger partial charge in [-0.2, -0.15) is 0 Å². The minimum atomic E-state index is -0.143. The predicted molar refractivity (Wildman–Crippen MR) is 92.0 cm³/mol. The number of benzene rings is 1. The highest BCUT2D eigenvalue weighted by Gasteiger charge is 2.28. The lowest BCUT2D eigenvalue weighted by Gasteiger charge is -2.31. The summed E-state index contributed by atoms with van der Waals surface area (Å²) in [6.45, 7) is 5.35. The normalized spacial score (nSPS) is 16.7. The number of ether oxygens (including phenoxy) is 1. The van der Waals surface area contributed by atoms with E-state index in [1.54, 1.807) is 4.90 Å². The number of hydrogen-bond acceptors (Lipinski definition) is 3. The number of nitrogens with one attached hydrogen (secondary N) is 1. The van der Waals surface area contributed by atoms with Crippen molar-refractivity contribution in [3.05, 3.63) is 34.3 Å². The van der Waals surface area contributed by atoms with Crippen molar-refractivity contribution in [1.82, 2.24) is 10.2 Å². The van der Waals surface area contributed by atoms with Gasteiger partial charge in [0.25, 0.3) is 0 Å². The number of esters is 1. The maximum Gasteiger partial charge on any atom is 0.317 e. The first-order valence-electron chi connectivity index (χ1n) is 7.98. The van der Waals surface area contributed by atoms with Crippen molar-refractivity contribution in [3.8, 4) is 0 Å². The molecule has 0 saturated carbocycles. The average molecular weight is 383 g/mol. The fourth-order valence-corrected chi connectivity index (χ4v) is 2.95. The molecule has 1 aromatic rings. The minimum Gasteiger partial charge on any atom is -0.466 e. The number of urea groups is 1. The molecule has 0 spiro atoms. The van der Waals surface area contributed by atoms with E-state index in [0.29, 0.717) is 32.5 Å². The van der Waals surface area contributed by atoms with Gasteiger partial charge in [-0.1, -0.05) is 28.1 Å². The summed E-state index contributed by atoms with van der Waals surface area (Å²) in [4.78, 5) is 25.8. The van der Waals surface area contributed by atoms with Crippen molar-refractivity contribution < 1.29 is 14.3 Å². The molecule has 1 aromatic carbocycles. The molecule has 6 heteroatoms. The minimum absolute atomic E-state index is 0.0571. The Balaban J connectivity index is 1.83. The molecule has 0 bridgehead atoms. The number of nitrogens with zero attached hydrogens (tertiary/aromatic N) is 1. The first-order valence-corrected chi connectivity index (χ1v) is 8.78. The fraction of sp³-hybridized carbons (Fsp3) is 0.529. The smallest absolute Gasteiger partial charge is 0.317 e. The van der Waals surface area contributed by atoms with Gasteiger partial charge in [0, 0.05) is 17.6 Å². The number of halogens is 1. The molecule has 1 aliphatic rings. The molecule has 1 aliphatic heterocycles. The summed E-state index contributed by atoms with van der Waals surface area (Å²) in [7, 11) is 0. The van der Waals surface area contributed by atoms with Crippen molar-refractivity contribution in [3.63, 3.8) is 0 Å². The number of piperidine rings is 1. The van der Waals surface area contributed by atoms with Crippen LogP contribution in [-0.2, 0) is 9.53 Å². The van der Waals surface area contributed by atoms with E-state index in [4.69, 9.17) is 4.74 Å². The van der Waals surface area contributed by atoms with Crippen LogP contribution in [0.2, 0.25) is 0 Å². The zero-order valence-corrected chi connectivity index (χ0v) is 15.1. The Morgan fingerprint density at radius 1 is 1.30 bits per heavy atom. The monoisotopic (exact) mass is 382 g/mol. The molecule has 1 N–H and O–H groups in total. The van der Waals surface area contributed by atoms with E-state index >= 15 is 0 Å². The lowest BCUT2D eigenvalue weighted by atomic mass is 9.97. The molecule has 1 unspecified atom stereocenters. The summed E-state index contributed by atoms with van der Waals surface area (Å²) in [5, 5.41) is 3.01. The Labute approximate surface area is 145 Å². The first-order chi connectivity index (χ1) is 11.0. The van der Waals surface area contributed by atoms with Gasteiger partial charge in [0.05, 0.1) is 18.6 Å². The van der Waals surface area contributed by atoms with Crippen LogP contribution < -0.4 is 5.32 Å². The molecule has 1 atom stereocenters. The third-order valence-corrected chi connectivity index (χ3v) is 4.64. The standard InChI is InChI=1S/C17H23BrN2O3/c1-3-23-16(21)14-8-10-20(11-9-14)17(22)19-12(2)13-4-6-15(18)7-5-13/h4-7,12,14H,3,8-11H2,1-2H3,(H,19,22). The fourth-order valence-electron chi connectivity index (χ4n) is 2.69. The average Bonchev–Trinajstić information content (AvgIpc) is 2.55. The van der Waals surface area contributed by atoms with Crippen LogP contribution in [0.5, 0.6) is 0 Å². The molecule has 126 valence electrons. The van der Waals surface area contributed by atoms with Crippen molar-refractivity contribution in [2.24, 2.45) is 5.92 Å². The summed E-state index contributed by atoms with van der Waals surface area (Å²) >= 11 is 3.40. The molecular weight excluding hydrogens is 360 g/mol. The SMILES string of the molecule is CCOC(=O)C1CCN(C(=O)NC(C)c2ccc(Br)cc2)CC1. The molecule has 2 amide bonds. The second-order valence-corrected chi connectivity index (χ2v) is 6.65. The number of hydrogen-bond donors (Lipinski definition) is 1. The third kappa shape index (κ3) is 4.96. The second kappa shape index (κ2) is 8.34. The summed E-state index contributed by atoms with van der Waals surface area (Å²) in [6, 6.07) is 7.76. The molecule has 23 heavy (non-hydrogen) atoms. The maximum absolute atomic E-state index is 12.3. The van der Waals surface area contributed by atoms with Crippen LogP contribution in [0, 0.1) is 5.92 Å². The van der Waals surface area contributed by atoms with Crippen LogP contribution >= 0.6 is 15.9 Å². The van der Waals surface area contributed by atoms with Gasteiger partial charge in [0.1, 0.15) is 0 Å². The summed E-state index contributed by atoms with van der Waals surface area (Å²) < 4.78 is 6.06. The van der Waals surface area contributed by atoms with Crippen molar-refractivity contribution in [1.29, 1.82) is 0 Å². The highest BCUT2D eigenvalue weighted by atomic mass is 79.9. The topological polar surface area (TPSA) is 58.6 Å². The lowest BCUT2D eigenvalue weighted by Crippen LogP contribution is -2.46. The van der Waals surface area contributed by atoms with Gasteiger partial charge < -0.3 is 15.0 Å². The van der Waals surface area contributed by atoms with Crippen LogP contribution in [0.25, 0.3) is 0 Å². The van der Waals surface area contributed by atoms with Crippen molar-refractivity contribution in [2.75, 3.05) is 19.7 Å². The first kappa shape index (κ1) is 17.8. The van der Waals surface area contributed by atoms with Gasteiger partial charge >= 0.3 is 12.0 Å². The molecule has 2 rings (SSSR count). The van der Waals surface area contributed by atoms with Gasteiger partial charge in [-0.25, -0.2) is 4.79 Å². The highest BCUT2D eigenvalue weighted by Crippen LogP contribution is 2.20. The van der Waals surface area contributed by atoms with E-state index in [1.165, 1.54) is 0 Å². The Morgan fingerprint density at radius 3 is 2.48 bits per heavy atom.